The SMILES string of the molecule is Cc1cc2ccc3c(ccc4cc(-c5cc(CCC(C)CCCC(C)C)c6ccc7c(C)cc(CCC(C)CCCC(C)C)c8ccc5c6c78)sc43)c2s1. The largest absolute Gasteiger partial charge is 0.140 e. The lowest BCUT2D eigenvalue weighted by Crippen LogP contribution is -2.02. The lowest BCUT2D eigenvalue weighted by atomic mass is 9.83. The summed E-state index contributed by atoms with van der Waals surface area (Å²) in [6, 6.07) is 29.3. The summed E-state index contributed by atoms with van der Waals surface area (Å²) >= 11 is 3.93. The molecule has 280 valence electrons. The fraction of sp³-hybridized carbons (Fsp3) is 0.423. The first kappa shape index (κ1) is 37.5. The molecule has 8 aromatic rings. The van der Waals surface area contributed by atoms with Gasteiger partial charge in [-0.05, 0) is 147 Å². The summed E-state index contributed by atoms with van der Waals surface area (Å²) in [5, 5.41) is 14.3. The quantitative estimate of drug-likeness (QED) is 0.0916. The summed E-state index contributed by atoms with van der Waals surface area (Å²) in [7, 11) is 0. The topological polar surface area (TPSA) is 0 Å². The lowest BCUT2D eigenvalue weighted by molar-refractivity contribution is 0.437. The number of aryl methyl sites for hydroxylation is 4. The van der Waals surface area contributed by atoms with E-state index in [4.69, 9.17) is 0 Å². The molecule has 2 unspecified atom stereocenters. The second kappa shape index (κ2) is 15.6. The maximum absolute atomic E-state index is 2.60. The van der Waals surface area contributed by atoms with Crippen LogP contribution in [0.5, 0.6) is 0 Å². The van der Waals surface area contributed by atoms with Crippen LogP contribution in [0.15, 0.2) is 72.8 Å². The molecule has 0 saturated heterocycles. The third kappa shape index (κ3) is 7.31. The van der Waals surface area contributed by atoms with Crippen LogP contribution in [0.3, 0.4) is 0 Å². The van der Waals surface area contributed by atoms with E-state index in [2.05, 4.69) is 128 Å². The Morgan fingerprint density at radius 1 is 0.463 bits per heavy atom. The Morgan fingerprint density at radius 3 is 1.57 bits per heavy atom. The van der Waals surface area contributed by atoms with Gasteiger partial charge in [0.15, 0.2) is 0 Å². The normalized spacial score (nSPS) is 13.7. The van der Waals surface area contributed by atoms with Crippen molar-refractivity contribution in [3.63, 3.8) is 0 Å². The van der Waals surface area contributed by atoms with E-state index in [0.29, 0.717) is 0 Å². The molecule has 0 spiro atoms. The minimum absolute atomic E-state index is 0.732. The van der Waals surface area contributed by atoms with Crippen molar-refractivity contribution >= 4 is 85.9 Å². The molecular formula is C52H60S2. The van der Waals surface area contributed by atoms with Crippen molar-refractivity contribution in [2.45, 2.75) is 120 Å². The van der Waals surface area contributed by atoms with Crippen molar-refractivity contribution in [2.24, 2.45) is 23.7 Å². The molecular weight excluding hydrogens is 689 g/mol. The van der Waals surface area contributed by atoms with Crippen LogP contribution >= 0.6 is 22.7 Å². The van der Waals surface area contributed by atoms with E-state index in [9.17, 15) is 0 Å². The first-order valence-corrected chi connectivity index (χ1v) is 22.8. The van der Waals surface area contributed by atoms with Crippen molar-refractivity contribution in [2.75, 3.05) is 0 Å². The van der Waals surface area contributed by atoms with Gasteiger partial charge >= 0.3 is 0 Å². The van der Waals surface area contributed by atoms with Gasteiger partial charge in [-0.15, -0.1) is 22.7 Å². The monoisotopic (exact) mass is 748 g/mol. The van der Waals surface area contributed by atoms with Gasteiger partial charge in [-0.3, -0.25) is 0 Å². The second-order valence-electron chi connectivity index (χ2n) is 18.0. The maximum atomic E-state index is 2.60. The minimum atomic E-state index is 0.732. The van der Waals surface area contributed by atoms with Crippen LogP contribution in [0.2, 0.25) is 0 Å². The van der Waals surface area contributed by atoms with Crippen molar-refractivity contribution in [3.8, 4) is 10.4 Å². The molecule has 2 heterocycles. The molecule has 6 aromatic carbocycles. The maximum Gasteiger partial charge on any atom is 0.0428 e. The Hall–Kier alpha value is -3.46. The van der Waals surface area contributed by atoms with Gasteiger partial charge in [0.25, 0.3) is 0 Å². The van der Waals surface area contributed by atoms with Gasteiger partial charge in [-0.2, -0.15) is 0 Å². The van der Waals surface area contributed by atoms with Gasteiger partial charge in [0.2, 0.25) is 0 Å². The summed E-state index contributed by atoms with van der Waals surface area (Å²) in [6.07, 6.45) is 12.8. The van der Waals surface area contributed by atoms with E-state index in [1.807, 2.05) is 22.7 Å². The highest BCUT2D eigenvalue weighted by Crippen LogP contribution is 2.47. The molecule has 54 heavy (non-hydrogen) atoms. The van der Waals surface area contributed by atoms with Gasteiger partial charge in [0.05, 0.1) is 0 Å². The highest BCUT2D eigenvalue weighted by molar-refractivity contribution is 7.23. The molecule has 0 aliphatic heterocycles. The zero-order valence-corrected chi connectivity index (χ0v) is 35.8. The predicted molar refractivity (Wildman–Crippen MR) is 246 cm³/mol. The molecule has 0 amide bonds. The lowest BCUT2D eigenvalue weighted by Gasteiger charge is -2.21. The van der Waals surface area contributed by atoms with E-state index < -0.39 is 0 Å². The number of fused-ring (bicyclic) bond motifs is 5. The molecule has 0 saturated carbocycles. The average molecular weight is 749 g/mol. The first-order chi connectivity index (χ1) is 26.0. The Morgan fingerprint density at radius 2 is 0.963 bits per heavy atom. The summed E-state index contributed by atoms with van der Waals surface area (Å²) in [5.74, 6) is 3.08. The van der Waals surface area contributed by atoms with Crippen molar-refractivity contribution in [1.29, 1.82) is 0 Å². The van der Waals surface area contributed by atoms with Crippen LogP contribution in [-0.2, 0) is 12.8 Å². The minimum Gasteiger partial charge on any atom is -0.140 e. The van der Waals surface area contributed by atoms with Crippen LogP contribution in [0, 0.1) is 37.5 Å². The van der Waals surface area contributed by atoms with E-state index in [0.717, 1.165) is 36.5 Å². The molecule has 0 aliphatic carbocycles. The molecule has 0 aliphatic rings. The average Bonchev–Trinajstić information content (AvgIpc) is 3.76. The van der Waals surface area contributed by atoms with Crippen LogP contribution in [0.4, 0.5) is 0 Å². The molecule has 0 N–H and O–H groups in total. The molecule has 0 nitrogen and oxygen atoms in total. The summed E-state index contributed by atoms with van der Waals surface area (Å²) < 4.78 is 2.84. The summed E-state index contributed by atoms with van der Waals surface area (Å²) in [4.78, 5) is 2.78. The molecule has 0 radical (unpaired) electrons. The van der Waals surface area contributed by atoms with Crippen molar-refractivity contribution in [3.05, 3.63) is 94.4 Å². The zero-order chi connectivity index (χ0) is 37.7. The van der Waals surface area contributed by atoms with E-state index in [-0.39, 0.29) is 0 Å². The van der Waals surface area contributed by atoms with E-state index >= 15 is 0 Å². The Balaban J connectivity index is 1.26. The van der Waals surface area contributed by atoms with Crippen molar-refractivity contribution < 1.29 is 0 Å². The fourth-order valence-corrected chi connectivity index (χ4v) is 11.7. The van der Waals surface area contributed by atoms with E-state index in [1.165, 1.54) is 141 Å². The third-order valence-electron chi connectivity index (χ3n) is 12.6. The zero-order valence-electron chi connectivity index (χ0n) is 34.1. The number of rotatable bonds is 15. The number of benzene rings is 6. The Bertz CT molecular complexity index is 2570. The highest BCUT2D eigenvalue weighted by atomic mass is 32.1. The molecule has 8 rings (SSSR count). The van der Waals surface area contributed by atoms with Gasteiger partial charge in [0.1, 0.15) is 0 Å². The Labute approximate surface area is 332 Å². The smallest absolute Gasteiger partial charge is 0.0428 e. The van der Waals surface area contributed by atoms with Crippen molar-refractivity contribution in [1.82, 2.24) is 0 Å². The Kier molecular flexibility index (Phi) is 10.8. The predicted octanol–water partition coefficient (Wildman–Crippen LogP) is 17.2. The van der Waals surface area contributed by atoms with Crippen LogP contribution < -0.4 is 0 Å². The fourth-order valence-electron chi connectivity index (χ4n) is 9.45. The van der Waals surface area contributed by atoms with Crippen LogP contribution in [0.1, 0.15) is 114 Å². The van der Waals surface area contributed by atoms with Crippen LogP contribution in [0.25, 0.3) is 73.7 Å². The highest BCUT2D eigenvalue weighted by Gasteiger charge is 2.21. The first-order valence-electron chi connectivity index (χ1n) is 21.1. The standard InChI is InChI=1S/C52H60S2/c1-31(2)11-9-13-33(5)15-17-37-27-35(7)41-23-24-43-38(18-16-34(6)14-10-12-32(3)4)29-47(44-26-25-42(37)49(41)50(43)44)48-30-40-20-22-45-46(52(40)54-48)21-19-39-28-36(8)53-51(39)45/h19-34H,9-18H2,1-8H3. The van der Waals surface area contributed by atoms with Crippen LogP contribution in [-0.4, -0.2) is 0 Å². The third-order valence-corrected chi connectivity index (χ3v) is 14.9. The summed E-state index contributed by atoms with van der Waals surface area (Å²) in [6.45, 7) is 19.0. The molecule has 2 aromatic heterocycles. The van der Waals surface area contributed by atoms with Gasteiger partial charge in [0, 0.05) is 29.9 Å². The molecule has 2 heteroatoms. The second-order valence-corrected chi connectivity index (χ2v) is 20.3. The summed E-state index contributed by atoms with van der Waals surface area (Å²) in [5.41, 5.74) is 5.92. The molecule has 2 atom stereocenters. The molecule has 0 fully saturated rings. The number of hydrogen-bond donors (Lipinski definition) is 0. The number of thiophene rings is 2. The number of hydrogen-bond acceptors (Lipinski definition) is 2. The van der Waals surface area contributed by atoms with Gasteiger partial charge in [-0.25, -0.2) is 0 Å². The van der Waals surface area contributed by atoms with E-state index in [1.54, 1.807) is 5.56 Å². The van der Waals surface area contributed by atoms with Gasteiger partial charge < -0.3 is 0 Å². The van der Waals surface area contributed by atoms with Gasteiger partial charge in [-0.1, -0.05) is 135 Å². The molecule has 0 bridgehead atoms.